The first-order valence-electron chi connectivity index (χ1n) is 7.91. The molecular formula is C15H29N3. The molecule has 3 heteroatoms. The first-order chi connectivity index (χ1) is 8.72. The number of nitrogens with zero attached hydrogens (tertiary/aromatic N) is 2. The summed E-state index contributed by atoms with van der Waals surface area (Å²) in [7, 11) is 0. The van der Waals surface area contributed by atoms with Gasteiger partial charge in [0.05, 0.1) is 0 Å². The predicted octanol–water partition coefficient (Wildman–Crippen LogP) is 1.67. The quantitative estimate of drug-likeness (QED) is 0.825. The Morgan fingerprint density at radius 2 is 2.06 bits per heavy atom. The van der Waals surface area contributed by atoms with Crippen LogP contribution in [0.15, 0.2) is 0 Å². The first kappa shape index (κ1) is 12.9. The zero-order chi connectivity index (χ0) is 12.6. The molecule has 3 aliphatic rings. The van der Waals surface area contributed by atoms with Gasteiger partial charge in [-0.1, -0.05) is 6.42 Å². The molecule has 2 heterocycles. The van der Waals surface area contributed by atoms with Gasteiger partial charge in [-0.25, -0.2) is 0 Å². The molecule has 3 rings (SSSR count). The van der Waals surface area contributed by atoms with E-state index in [4.69, 9.17) is 5.73 Å². The van der Waals surface area contributed by atoms with Gasteiger partial charge < -0.3 is 5.73 Å². The topological polar surface area (TPSA) is 32.5 Å². The van der Waals surface area contributed by atoms with Crippen LogP contribution in [0.4, 0.5) is 0 Å². The standard InChI is InChI=1S/C15H29N3/c1-13-10-18-8-2-4-14(18)11-17(13)9-7-15(12-16)5-3-6-15/h13-14H,2-12,16H2,1H3. The van der Waals surface area contributed by atoms with Gasteiger partial charge in [0.2, 0.25) is 0 Å². The van der Waals surface area contributed by atoms with Gasteiger partial charge >= 0.3 is 0 Å². The van der Waals surface area contributed by atoms with Crippen LogP contribution in [0.5, 0.6) is 0 Å². The molecule has 0 amide bonds. The summed E-state index contributed by atoms with van der Waals surface area (Å²) in [6, 6.07) is 1.60. The van der Waals surface area contributed by atoms with E-state index in [9.17, 15) is 0 Å². The van der Waals surface area contributed by atoms with Crippen molar-refractivity contribution in [3.05, 3.63) is 0 Å². The minimum Gasteiger partial charge on any atom is -0.330 e. The van der Waals surface area contributed by atoms with Crippen LogP contribution in [0.3, 0.4) is 0 Å². The molecule has 0 bridgehead atoms. The molecule has 0 aromatic heterocycles. The van der Waals surface area contributed by atoms with E-state index in [2.05, 4.69) is 16.7 Å². The van der Waals surface area contributed by atoms with Crippen LogP contribution in [0.2, 0.25) is 0 Å². The van der Waals surface area contributed by atoms with Crippen molar-refractivity contribution in [2.75, 3.05) is 32.7 Å². The van der Waals surface area contributed by atoms with Crippen molar-refractivity contribution in [3.8, 4) is 0 Å². The minimum atomic E-state index is 0.520. The van der Waals surface area contributed by atoms with Gasteiger partial charge in [-0.2, -0.15) is 0 Å². The first-order valence-corrected chi connectivity index (χ1v) is 7.91. The van der Waals surface area contributed by atoms with E-state index in [1.165, 1.54) is 64.7 Å². The maximum absolute atomic E-state index is 5.98. The van der Waals surface area contributed by atoms with Crippen LogP contribution in [-0.4, -0.2) is 54.6 Å². The Morgan fingerprint density at radius 1 is 1.22 bits per heavy atom. The minimum absolute atomic E-state index is 0.520. The van der Waals surface area contributed by atoms with Crippen LogP contribution >= 0.6 is 0 Å². The molecule has 3 fully saturated rings. The fourth-order valence-corrected chi connectivity index (χ4v) is 4.17. The molecule has 104 valence electrons. The lowest BCUT2D eigenvalue weighted by Gasteiger charge is -2.46. The van der Waals surface area contributed by atoms with Gasteiger partial charge in [0, 0.05) is 25.2 Å². The maximum atomic E-state index is 5.98. The van der Waals surface area contributed by atoms with Crippen molar-refractivity contribution in [3.63, 3.8) is 0 Å². The Bertz CT molecular complexity index is 282. The predicted molar refractivity (Wildman–Crippen MR) is 75.6 cm³/mol. The molecule has 2 atom stereocenters. The Balaban J connectivity index is 1.52. The third kappa shape index (κ3) is 2.33. The number of piperazine rings is 1. The molecule has 2 saturated heterocycles. The SMILES string of the molecule is CC1CN2CCCC2CN1CCC1(CN)CCC1. The van der Waals surface area contributed by atoms with Crippen molar-refractivity contribution >= 4 is 0 Å². The summed E-state index contributed by atoms with van der Waals surface area (Å²) in [5.74, 6) is 0. The van der Waals surface area contributed by atoms with Crippen molar-refractivity contribution in [1.82, 2.24) is 9.80 Å². The van der Waals surface area contributed by atoms with Crippen molar-refractivity contribution < 1.29 is 0 Å². The van der Waals surface area contributed by atoms with E-state index in [0.717, 1.165) is 18.6 Å². The van der Waals surface area contributed by atoms with E-state index >= 15 is 0 Å². The van der Waals surface area contributed by atoms with Gasteiger partial charge in [-0.3, -0.25) is 9.80 Å². The zero-order valence-electron chi connectivity index (χ0n) is 11.9. The van der Waals surface area contributed by atoms with Crippen LogP contribution in [0.1, 0.15) is 45.4 Å². The summed E-state index contributed by atoms with van der Waals surface area (Å²) in [6.45, 7) is 8.54. The fraction of sp³-hybridized carbons (Fsp3) is 1.00. The molecule has 3 nitrogen and oxygen atoms in total. The van der Waals surface area contributed by atoms with Crippen molar-refractivity contribution in [2.45, 2.75) is 57.5 Å². The summed E-state index contributed by atoms with van der Waals surface area (Å²) >= 11 is 0. The Morgan fingerprint density at radius 3 is 2.72 bits per heavy atom. The number of nitrogens with two attached hydrogens (primary N) is 1. The highest BCUT2D eigenvalue weighted by atomic mass is 15.3. The molecule has 2 N–H and O–H groups in total. The second-order valence-corrected chi connectivity index (χ2v) is 6.94. The molecule has 0 spiro atoms. The van der Waals surface area contributed by atoms with E-state index in [1.54, 1.807) is 0 Å². The fourth-order valence-electron chi connectivity index (χ4n) is 4.17. The largest absolute Gasteiger partial charge is 0.330 e. The molecule has 0 aromatic carbocycles. The summed E-state index contributed by atoms with van der Waals surface area (Å²) in [5.41, 5.74) is 6.50. The monoisotopic (exact) mass is 251 g/mol. The molecule has 1 aliphatic carbocycles. The summed E-state index contributed by atoms with van der Waals surface area (Å²) < 4.78 is 0. The average Bonchev–Trinajstić information content (AvgIpc) is 2.75. The highest BCUT2D eigenvalue weighted by Gasteiger charge is 2.38. The van der Waals surface area contributed by atoms with Crippen LogP contribution in [0.25, 0.3) is 0 Å². The molecule has 1 saturated carbocycles. The normalized spacial score (nSPS) is 36.3. The number of fused-ring (bicyclic) bond motifs is 1. The zero-order valence-corrected chi connectivity index (χ0v) is 11.9. The number of hydrogen-bond acceptors (Lipinski definition) is 3. The molecule has 0 radical (unpaired) electrons. The third-order valence-corrected chi connectivity index (χ3v) is 5.84. The number of rotatable bonds is 4. The van der Waals surface area contributed by atoms with Crippen LogP contribution < -0.4 is 5.73 Å². The molecule has 18 heavy (non-hydrogen) atoms. The molecule has 0 aromatic rings. The van der Waals surface area contributed by atoms with Gasteiger partial charge in [-0.15, -0.1) is 0 Å². The summed E-state index contributed by atoms with van der Waals surface area (Å²) in [5, 5.41) is 0. The van der Waals surface area contributed by atoms with Crippen LogP contribution in [0, 0.1) is 5.41 Å². The highest BCUT2D eigenvalue weighted by Crippen LogP contribution is 2.43. The summed E-state index contributed by atoms with van der Waals surface area (Å²) in [6.07, 6.45) is 8.33. The second-order valence-electron chi connectivity index (χ2n) is 6.94. The smallest absolute Gasteiger partial charge is 0.0224 e. The number of hydrogen-bond donors (Lipinski definition) is 1. The van der Waals surface area contributed by atoms with Gasteiger partial charge in [0.25, 0.3) is 0 Å². The van der Waals surface area contributed by atoms with Gasteiger partial charge in [0.1, 0.15) is 0 Å². The lowest BCUT2D eigenvalue weighted by molar-refractivity contribution is 0.0350. The maximum Gasteiger partial charge on any atom is 0.0224 e. The molecule has 2 aliphatic heterocycles. The Labute approximate surface area is 112 Å². The van der Waals surface area contributed by atoms with Gasteiger partial charge in [0.15, 0.2) is 0 Å². The summed E-state index contributed by atoms with van der Waals surface area (Å²) in [4.78, 5) is 5.45. The van der Waals surface area contributed by atoms with Crippen molar-refractivity contribution in [2.24, 2.45) is 11.1 Å². The highest BCUT2D eigenvalue weighted by molar-refractivity contribution is 4.93. The van der Waals surface area contributed by atoms with E-state index in [-0.39, 0.29) is 0 Å². The third-order valence-electron chi connectivity index (χ3n) is 5.84. The van der Waals surface area contributed by atoms with Crippen molar-refractivity contribution in [1.29, 1.82) is 0 Å². The molecule has 2 unspecified atom stereocenters. The van der Waals surface area contributed by atoms with E-state index < -0.39 is 0 Å². The van der Waals surface area contributed by atoms with E-state index in [1.807, 2.05) is 0 Å². The van der Waals surface area contributed by atoms with Gasteiger partial charge in [-0.05, 0) is 64.1 Å². The second kappa shape index (κ2) is 5.10. The van der Waals surface area contributed by atoms with E-state index in [0.29, 0.717) is 5.41 Å². The lowest BCUT2D eigenvalue weighted by Crippen LogP contribution is -2.55. The molecular weight excluding hydrogens is 222 g/mol. The van der Waals surface area contributed by atoms with Crippen LogP contribution in [-0.2, 0) is 0 Å². The Kier molecular flexibility index (Phi) is 3.65. The lowest BCUT2D eigenvalue weighted by atomic mass is 9.66. The average molecular weight is 251 g/mol. The Hall–Kier alpha value is -0.120.